The van der Waals surface area contributed by atoms with Crippen LogP contribution in [0.2, 0.25) is 0 Å². The number of aryl methyl sites for hydroxylation is 2. The Labute approximate surface area is 259 Å². The summed E-state index contributed by atoms with van der Waals surface area (Å²) in [7, 11) is 0. The number of ether oxygens (including phenoxy) is 1. The summed E-state index contributed by atoms with van der Waals surface area (Å²) in [4.78, 5) is 13.0. The molecule has 0 bridgehead atoms. The Kier molecular flexibility index (Phi) is 8.76. The first-order chi connectivity index (χ1) is 20.8. The van der Waals surface area contributed by atoms with Crippen LogP contribution in [0, 0.1) is 25.2 Å². The molecule has 1 atom stereocenters. The highest BCUT2D eigenvalue weighted by Gasteiger charge is 2.31. The number of hydrogen-bond acceptors (Lipinski definition) is 5. The number of benzene rings is 2. The lowest BCUT2D eigenvalue weighted by molar-refractivity contribution is -0.137. The number of H-pyrrole nitrogens is 1. The Morgan fingerprint density at radius 3 is 2.27 bits per heavy atom. The van der Waals surface area contributed by atoms with Crippen LogP contribution in [-0.4, -0.2) is 19.7 Å². The van der Waals surface area contributed by atoms with E-state index in [0.717, 1.165) is 61.9 Å². The van der Waals surface area contributed by atoms with Gasteiger partial charge >= 0.3 is 6.18 Å². The van der Waals surface area contributed by atoms with Crippen molar-refractivity contribution in [3.05, 3.63) is 107 Å². The molecule has 0 spiro atoms. The molecule has 0 aliphatic carbocycles. The van der Waals surface area contributed by atoms with Gasteiger partial charge in [-0.2, -0.15) is 18.4 Å². The van der Waals surface area contributed by atoms with E-state index in [0.29, 0.717) is 24.3 Å². The number of pyridine rings is 2. The molecule has 44 heavy (non-hydrogen) atoms. The average Bonchev–Trinajstić information content (AvgIpc) is 3.33. The lowest BCUT2D eigenvalue weighted by Crippen LogP contribution is -2.09. The van der Waals surface area contributed by atoms with E-state index >= 15 is 0 Å². The van der Waals surface area contributed by atoms with E-state index in [1.165, 1.54) is 6.07 Å². The number of fused-ring (bicyclic) bond motifs is 1. The van der Waals surface area contributed by atoms with Gasteiger partial charge < -0.3 is 9.72 Å². The molecule has 3 heterocycles. The third kappa shape index (κ3) is 7.08. The zero-order valence-corrected chi connectivity index (χ0v) is 26.0. The van der Waals surface area contributed by atoms with E-state index in [1.807, 2.05) is 68.6 Å². The normalized spacial score (nSPS) is 12.7. The zero-order chi connectivity index (χ0) is 31.6. The second kappa shape index (κ2) is 12.4. The van der Waals surface area contributed by atoms with Gasteiger partial charge in [0.1, 0.15) is 12.4 Å². The molecule has 1 unspecified atom stereocenters. The molecule has 9 heteroatoms. The minimum absolute atomic E-state index is 0.116. The van der Waals surface area contributed by atoms with Gasteiger partial charge in [-0.05, 0) is 61.7 Å². The van der Waals surface area contributed by atoms with Gasteiger partial charge in [0.2, 0.25) is 0 Å². The number of rotatable bonds is 8. The van der Waals surface area contributed by atoms with Gasteiger partial charge in [0.05, 0.1) is 28.9 Å². The molecule has 0 amide bonds. The minimum Gasteiger partial charge on any atom is -0.487 e. The van der Waals surface area contributed by atoms with Crippen molar-refractivity contribution >= 4 is 22.7 Å². The van der Waals surface area contributed by atoms with Crippen LogP contribution in [0.5, 0.6) is 5.75 Å². The molecular weight excluding hydrogens is 581 g/mol. The molecule has 5 rings (SSSR count). The standard InChI is InChI=1S/C35H33F3N4OS/c1-21-6-12-27(40-18-21)20-43-30-15-14-29-31(22(30)2)33(44-34(3,4)5)32(42-29)25(17-39)16-23-7-9-24(10-8-23)28-13-11-26(19-41-28)35(36,37)38/h6-15,18-19,25,42H,16,20H2,1-5H3. The van der Waals surface area contributed by atoms with E-state index < -0.39 is 17.7 Å². The van der Waals surface area contributed by atoms with Crippen LogP contribution in [0.1, 0.15) is 60.3 Å². The van der Waals surface area contributed by atoms with Crippen molar-refractivity contribution in [3.8, 4) is 23.1 Å². The van der Waals surface area contributed by atoms with Crippen LogP contribution in [0.3, 0.4) is 0 Å². The maximum absolute atomic E-state index is 12.9. The third-order valence-corrected chi connectivity index (χ3v) is 8.44. The molecular formula is C35H33F3N4OS. The molecule has 5 aromatic rings. The number of alkyl halides is 3. The van der Waals surface area contributed by atoms with Crippen molar-refractivity contribution in [1.29, 1.82) is 5.26 Å². The summed E-state index contributed by atoms with van der Waals surface area (Å²) in [6, 6.07) is 20.3. The Bertz CT molecular complexity index is 1800. The summed E-state index contributed by atoms with van der Waals surface area (Å²) in [6.07, 6.45) is -1.30. The largest absolute Gasteiger partial charge is 0.487 e. The Morgan fingerprint density at radius 1 is 0.932 bits per heavy atom. The van der Waals surface area contributed by atoms with Crippen molar-refractivity contribution < 1.29 is 17.9 Å². The number of nitriles is 1. The van der Waals surface area contributed by atoms with Crippen LogP contribution in [0.25, 0.3) is 22.2 Å². The number of nitrogens with one attached hydrogen (secondary N) is 1. The van der Waals surface area contributed by atoms with Gasteiger partial charge in [-0.15, -0.1) is 11.8 Å². The number of aromatic nitrogens is 3. The topological polar surface area (TPSA) is 74.6 Å². The lowest BCUT2D eigenvalue weighted by Gasteiger charge is -2.20. The molecule has 0 radical (unpaired) electrons. The van der Waals surface area contributed by atoms with Crippen molar-refractivity contribution in [3.63, 3.8) is 0 Å². The summed E-state index contributed by atoms with van der Waals surface area (Å²) in [6.45, 7) is 10.8. The number of nitrogens with zero attached hydrogens (tertiary/aromatic N) is 3. The molecule has 226 valence electrons. The fraction of sp³-hybridized carbons (Fsp3) is 0.286. The maximum Gasteiger partial charge on any atom is 0.417 e. The summed E-state index contributed by atoms with van der Waals surface area (Å²) in [5, 5.41) is 11.4. The predicted molar refractivity (Wildman–Crippen MR) is 169 cm³/mol. The first-order valence-electron chi connectivity index (χ1n) is 14.2. The van der Waals surface area contributed by atoms with Crippen molar-refractivity contribution in [2.45, 2.75) is 69.4 Å². The highest BCUT2D eigenvalue weighted by Crippen LogP contribution is 2.45. The number of halogens is 3. The van der Waals surface area contributed by atoms with E-state index in [1.54, 1.807) is 11.8 Å². The van der Waals surface area contributed by atoms with Gasteiger partial charge in [0.25, 0.3) is 0 Å². The summed E-state index contributed by atoms with van der Waals surface area (Å²) < 4.78 is 44.9. The van der Waals surface area contributed by atoms with E-state index in [9.17, 15) is 18.4 Å². The Morgan fingerprint density at radius 2 is 1.68 bits per heavy atom. The fourth-order valence-corrected chi connectivity index (χ4v) is 6.25. The molecule has 0 saturated carbocycles. The number of thioether (sulfide) groups is 1. The summed E-state index contributed by atoms with van der Waals surface area (Å²) >= 11 is 1.72. The van der Waals surface area contributed by atoms with Gasteiger partial charge in [0.15, 0.2) is 0 Å². The molecule has 0 saturated heterocycles. The molecule has 0 fully saturated rings. The van der Waals surface area contributed by atoms with E-state index in [4.69, 9.17) is 4.74 Å². The van der Waals surface area contributed by atoms with Crippen molar-refractivity contribution in [2.75, 3.05) is 0 Å². The monoisotopic (exact) mass is 614 g/mol. The quantitative estimate of drug-likeness (QED) is 0.176. The van der Waals surface area contributed by atoms with Gasteiger partial charge in [-0.3, -0.25) is 9.97 Å². The fourth-order valence-electron chi connectivity index (χ4n) is 4.97. The maximum atomic E-state index is 12.9. The van der Waals surface area contributed by atoms with Crippen LogP contribution < -0.4 is 4.74 Å². The minimum atomic E-state index is -4.43. The first kappa shape index (κ1) is 31.1. The Balaban J connectivity index is 1.43. The first-order valence-corrected chi connectivity index (χ1v) is 15.0. The molecule has 5 nitrogen and oxygen atoms in total. The van der Waals surface area contributed by atoms with Crippen LogP contribution in [0.15, 0.2) is 78.0 Å². The molecule has 2 aromatic carbocycles. The molecule has 0 aliphatic rings. The summed E-state index contributed by atoms with van der Waals surface area (Å²) in [5.41, 5.74) is 6.03. The van der Waals surface area contributed by atoms with Crippen molar-refractivity contribution in [2.24, 2.45) is 0 Å². The van der Waals surface area contributed by atoms with Gasteiger partial charge in [0, 0.05) is 49.8 Å². The number of hydrogen-bond donors (Lipinski definition) is 1. The second-order valence-electron chi connectivity index (χ2n) is 11.8. The highest BCUT2D eigenvalue weighted by molar-refractivity contribution is 8.00. The third-order valence-electron chi connectivity index (χ3n) is 7.20. The molecule has 0 aliphatic heterocycles. The molecule has 3 aromatic heterocycles. The SMILES string of the molecule is Cc1ccc(COc2ccc3[nH]c(C(C#N)Cc4ccc(-c5ccc(C(F)(F)F)cn5)cc4)c(SC(C)(C)C)c3c2C)nc1. The van der Waals surface area contributed by atoms with Gasteiger partial charge in [-0.1, -0.05) is 51.1 Å². The zero-order valence-electron chi connectivity index (χ0n) is 25.2. The van der Waals surface area contributed by atoms with Gasteiger partial charge in [-0.25, -0.2) is 0 Å². The molecule has 1 N–H and O–H groups in total. The predicted octanol–water partition coefficient (Wildman–Crippen LogP) is 9.58. The van der Waals surface area contributed by atoms with Crippen LogP contribution in [0.4, 0.5) is 13.2 Å². The van der Waals surface area contributed by atoms with Crippen LogP contribution in [-0.2, 0) is 19.2 Å². The second-order valence-corrected chi connectivity index (χ2v) is 13.7. The smallest absolute Gasteiger partial charge is 0.417 e. The number of aromatic amines is 1. The van der Waals surface area contributed by atoms with E-state index in [2.05, 4.69) is 41.8 Å². The van der Waals surface area contributed by atoms with E-state index in [-0.39, 0.29) is 4.75 Å². The average molecular weight is 615 g/mol. The highest BCUT2D eigenvalue weighted by atomic mass is 32.2. The Hall–Kier alpha value is -4.29. The van der Waals surface area contributed by atoms with Crippen LogP contribution >= 0.6 is 11.8 Å². The summed E-state index contributed by atoms with van der Waals surface area (Å²) in [5.74, 6) is 0.310. The van der Waals surface area contributed by atoms with Crippen molar-refractivity contribution in [1.82, 2.24) is 15.0 Å². The lowest BCUT2D eigenvalue weighted by atomic mass is 9.96.